The Morgan fingerprint density at radius 1 is 1.50 bits per heavy atom. The molecule has 16 heavy (non-hydrogen) atoms. The van der Waals surface area contributed by atoms with Gasteiger partial charge in [0.05, 0.1) is 11.4 Å². The van der Waals surface area contributed by atoms with E-state index in [2.05, 4.69) is 0 Å². The Kier molecular flexibility index (Phi) is 3.26. The van der Waals surface area contributed by atoms with Gasteiger partial charge in [0.2, 0.25) is 0 Å². The Balaban J connectivity index is 2.08. The van der Waals surface area contributed by atoms with E-state index in [0.29, 0.717) is 12.2 Å². The molecule has 0 fully saturated rings. The number of hydrogen-bond donors (Lipinski definition) is 0. The standard InChI is InChI=1S/C10H8ClNO3S/c11-8(5-7-3-4-16-6-7)9-1-2-10(15-9)12(13)14/h1-4,6,8H,5H2. The largest absolute Gasteiger partial charge is 0.433 e. The van der Waals surface area contributed by atoms with Crippen LogP contribution in [0.4, 0.5) is 5.88 Å². The van der Waals surface area contributed by atoms with Gasteiger partial charge in [0, 0.05) is 0 Å². The number of halogens is 1. The normalized spacial score (nSPS) is 12.6. The first-order valence-corrected chi connectivity index (χ1v) is 5.94. The smallest absolute Gasteiger partial charge is 0.404 e. The molecule has 84 valence electrons. The highest BCUT2D eigenvalue weighted by Gasteiger charge is 2.18. The van der Waals surface area contributed by atoms with Crippen LogP contribution in [0.5, 0.6) is 0 Å². The number of nitrogens with zero attached hydrogens (tertiary/aromatic N) is 1. The van der Waals surface area contributed by atoms with Crippen molar-refractivity contribution in [1.82, 2.24) is 0 Å². The molecular formula is C10H8ClNO3S. The zero-order valence-electron chi connectivity index (χ0n) is 8.13. The van der Waals surface area contributed by atoms with Crippen LogP contribution in [-0.2, 0) is 6.42 Å². The number of rotatable bonds is 4. The van der Waals surface area contributed by atoms with Crippen molar-refractivity contribution in [2.75, 3.05) is 0 Å². The van der Waals surface area contributed by atoms with Gasteiger partial charge in [0.1, 0.15) is 10.7 Å². The van der Waals surface area contributed by atoms with Crippen molar-refractivity contribution in [3.63, 3.8) is 0 Å². The Labute approximate surface area is 101 Å². The lowest BCUT2D eigenvalue weighted by molar-refractivity contribution is -0.402. The zero-order valence-corrected chi connectivity index (χ0v) is 9.70. The molecule has 0 aromatic carbocycles. The lowest BCUT2D eigenvalue weighted by atomic mass is 10.1. The predicted molar refractivity (Wildman–Crippen MR) is 62.0 cm³/mol. The van der Waals surface area contributed by atoms with Gasteiger partial charge in [0.15, 0.2) is 0 Å². The number of nitro groups is 1. The van der Waals surface area contributed by atoms with E-state index in [1.807, 2.05) is 16.8 Å². The molecule has 2 aromatic rings. The van der Waals surface area contributed by atoms with Gasteiger partial charge in [-0.2, -0.15) is 11.3 Å². The molecule has 2 heterocycles. The summed E-state index contributed by atoms with van der Waals surface area (Å²) in [4.78, 5) is 9.85. The summed E-state index contributed by atoms with van der Waals surface area (Å²) in [5.41, 5.74) is 1.10. The van der Waals surface area contributed by atoms with E-state index in [-0.39, 0.29) is 11.3 Å². The average molecular weight is 258 g/mol. The molecule has 0 radical (unpaired) electrons. The maximum Gasteiger partial charge on any atom is 0.433 e. The maximum absolute atomic E-state index is 10.4. The summed E-state index contributed by atoms with van der Waals surface area (Å²) in [5, 5.41) is 14.0. The van der Waals surface area contributed by atoms with Gasteiger partial charge in [-0.05, 0) is 34.9 Å². The van der Waals surface area contributed by atoms with E-state index in [1.54, 1.807) is 17.4 Å². The van der Waals surface area contributed by atoms with Gasteiger partial charge in [-0.3, -0.25) is 10.1 Å². The minimum atomic E-state index is -0.572. The Morgan fingerprint density at radius 2 is 2.31 bits per heavy atom. The molecule has 0 saturated heterocycles. The van der Waals surface area contributed by atoms with Gasteiger partial charge >= 0.3 is 5.88 Å². The van der Waals surface area contributed by atoms with Crippen LogP contribution in [0.1, 0.15) is 16.7 Å². The monoisotopic (exact) mass is 257 g/mol. The van der Waals surface area contributed by atoms with Crippen LogP contribution < -0.4 is 0 Å². The molecule has 0 aliphatic rings. The van der Waals surface area contributed by atoms with Gasteiger partial charge in [-0.25, -0.2) is 0 Å². The molecule has 2 rings (SSSR count). The third-order valence-corrected chi connectivity index (χ3v) is 3.20. The van der Waals surface area contributed by atoms with Crippen LogP contribution >= 0.6 is 22.9 Å². The number of hydrogen-bond acceptors (Lipinski definition) is 4. The van der Waals surface area contributed by atoms with Crippen LogP contribution in [-0.4, -0.2) is 4.92 Å². The fourth-order valence-corrected chi connectivity index (χ4v) is 2.30. The van der Waals surface area contributed by atoms with Gasteiger partial charge in [0.25, 0.3) is 0 Å². The van der Waals surface area contributed by atoms with E-state index >= 15 is 0 Å². The van der Waals surface area contributed by atoms with E-state index < -0.39 is 4.92 Å². The molecule has 0 spiro atoms. The first kappa shape index (κ1) is 11.2. The minimum Gasteiger partial charge on any atom is -0.404 e. The van der Waals surface area contributed by atoms with Crippen molar-refractivity contribution >= 4 is 28.8 Å². The van der Waals surface area contributed by atoms with Crippen molar-refractivity contribution in [3.05, 3.63) is 50.4 Å². The molecular weight excluding hydrogens is 250 g/mol. The fraction of sp³-hybridized carbons (Fsp3) is 0.200. The molecule has 0 aliphatic carbocycles. The highest BCUT2D eigenvalue weighted by molar-refractivity contribution is 7.07. The second-order valence-electron chi connectivity index (χ2n) is 3.24. The first-order chi connectivity index (χ1) is 7.66. The molecule has 0 amide bonds. The van der Waals surface area contributed by atoms with Crippen LogP contribution in [0.2, 0.25) is 0 Å². The van der Waals surface area contributed by atoms with Crippen molar-refractivity contribution in [3.8, 4) is 0 Å². The Morgan fingerprint density at radius 3 is 2.88 bits per heavy atom. The summed E-state index contributed by atoms with van der Waals surface area (Å²) in [6.45, 7) is 0. The van der Waals surface area contributed by atoms with Crippen molar-refractivity contribution in [2.45, 2.75) is 11.8 Å². The van der Waals surface area contributed by atoms with Crippen molar-refractivity contribution in [1.29, 1.82) is 0 Å². The van der Waals surface area contributed by atoms with Crippen LogP contribution in [0.3, 0.4) is 0 Å². The molecule has 4 nitrogen and oxygen atoms in total. The summed E-state index contributed by atoms with van der Waals surface area (Å²) in [5.74, 6) is 0.158. The van der Waals surface area contributed by atoms with Crippen LogP contribution in [0.15, 0.2) is 33.4 Å². The number of alkyl halides is 1. The summed E-state index contributed by atoms with van der Waals surface area (Å²) >= 11 is 7.69. The highest BCUT2D eigenvalue weighted by atomic mass is 35.5. The Hall–Kier alpha value is -1.33. The van der Waals surface area contributed by atoms with Crippen LogP contribution in [0.25, 0.3) is 0 Å². The van der Waals surface area contributed by atoms with Crippen molar-refractivity contribution in [2.24, 2.45) is 0 Å². The second-order valence-corrected chi connectivity index (χ2v) is 4.54. The molecule has 1 unspecified atom stereocenters. The lowest BCUT2D eigenvalue weighted by Gasteiger charge is -2.03. The molecule has 0 bridgehead atoms. The molecule has 0 saturated carbocycles. The van der Waals surface area contributed by atoms with E-state index in [0.717, 1.165) is 5.56 Å². The third kappa shape index (κ3) is 2.43. The average Bonchev–Trinajstić information content (AvgIpc) is 2.86. The SMILES string of the molecule is O=[N+]([O-])c1ccc(C(Cl)Cc2ccsc2)o1. The summed E-state index contributed by atoms with van der Waals surface area (Å²) in [7, 11) is 0. The molecule has 6 heteroatoms. The topological polar surface area (TPSA) is 56.3 Å². The minimum absolute atomic E-state index is 0.272. The summed E-state index contributed by atoms with van der Waals surface area (Å²) < 4.78 is 5.03. The van der Waals surface area contributed by atoms with E-state index in [9.17, 15) is 10.1 Å². The molecule has 2 aromatic heterocycles. The number of furan rings is 1. The second kappa shape index (κ2) is 4.67. The highest BCUT2D eigenvalue weighted by Crippen LogP contribution is 2.29. The predicted octanol–water partition coefficient (Wildman–Crippen LogP) is 3.77. The van der Waals surface area contributed by atoms with Crippen LogP contribution in [0, 0.1) is 10.1 Å². The quantitative estimate of drug-likeness (QED) is 0.476. The van der Waals surface area contributed by atoms with E-state index in [4.69, 9.17) is 16.0 Å². The van der Waals surface area contributed by atoms with Gasteiger partial charge in [-0.1, -0.05) is 0 Å². The zero-order chi connectivity index (χ0) is 11.5. The molecule has 0 aliphatic heterocycles. The number of thiophene rings is 1. The van der Waals surface area contributed by atoms with E-state index in [1.165, 1.54) is 6.07 Å². The Bertz CT molecular complexity index is 480. The third-order valence-electron chi connectivity index (χ3n) is 2.10. The first-order valence-electron chi connectivity index (χ1n) is 4.56. The maximum atomic E-state index is 10.4. The van der Waals surface area contributed by atoms with Gasteiger partial charge in [-0.15, -0.1) is 11.6 Å². The molecule has 1 atom stereocenters. The van der Waals surface area contributed by atoms with Crippen molar-refractivity contribution < 1.29 is 9.34 Å². The summed E-state index contributed by atoms with van der Waals surface area (Å²) in [6, 6.07) is 4.83. The summed E-state index contributed by atoms with van der Waals surface area (Å²) in [6.07, 6.45) is 0.607. The lowest BCUT2D eigenvalue weighted by Crippen LogP contribution is -1.92. The fourth-order valence-electron chi connectivity index (χ4n) is 1.33. The van der Waals surface area contributed by atoms with Gasteiger partial charge < -0.3 is 4.42 Å². The molecule has 0 N–H and O–H groups in total.